The normalized spacial score (nSPS) is 13.2. The molecule has 8 nitrogen and oxygen atoms in total. The minimum atomic E-state index is -0.408. The summed E-state index contributed by atoms with van der Waals surface area (Å²) in [4.78, 5) is 29.3. The first-order valence-corrected chi connectivity index (χ1v) is 12.5. The Balaban J connectivity index is 1.72. The fourth-order valence-corrected chi connectivity index (χ4v) is 4.20. The predicted molar refractivity (Wildman–Crippen MR) is 151 cm³/mol. The van der Waals surface area contributed by atoms with Gasteiger partial charge < -0.3 is 19.9 Å². The largest absolute Gasteiger partial charge is 0.496 e. The number of amidine groups is 1. The van der Waals surface area contributed by atoms with Crippen molar-refractivity contribution in [3.8, 4) is 5.75 Å². The summed E-state index contributed by atoms with van der Waals surface area (Å²) < 4.78 is 18.8. The molecular weight excluding hydrogens is 497 g/mol. The van der Waals surface area contributed by atoms with E-state index in [9.17, 15) is 14.0 Å². The Morgan fingerprint density at radius 2 is 1.90 bits per heavy atom. The molecule has 2 aromatic carbocycles. The Kier molecular flexibility index (Phi) is 9.54. The molecule has 0 atom stereocenters. The van der Waals surface area contributed by atoms with E-state index in [2.05, 4.69) is 11.9 Å². The number of allylic oxidation sites excluding steroid dienone is 3. The lowest BCUT2D eigenvalue weighted by atomic mass is 9.95. The van der Waals surface area contributed by atoms with Crippen molar-refractivity contribution in [1.29, 1.82) is 10.8 Å². The lowest BCUT2D eigenvalue weighted by molar-refractivity contribution is 0.0734. The molecule has 0 unspecified atom stereocenters. The van der Waals surface area contributed by atoms with Crippen LogP contribution in [0.3, 0.4) is 0 Å². The highest BCUT2D eigenvalue weighted by atomic mass is 19.1. The molecule has 1 aliphatic rings. The van der Waals surface area contributed by atoms with Gasteiger partial charge in [-0.05, 0) is 86.4 Å². The van der Waals surface area contributed by atoms with E-state index in [4.69, 9.17) is 15.6 Å². The maximum atomic E-state index is 13.3. The molecule has 0 spiro atoms. The highest BCUT2D eigenvalue weighted by Gasteiger charge is 2.25. The molecule has 1 aliphatic heterocycles. The molecule has 2 aromatic rings. The molecule has 2 amide bonds. The molecule has 0 bridgehead atoms. The van der Waals surface area contributed by atoms with Crippen LogP contribution in [0.4, 0.5) is 4.39 Å². The second-order valence-corrected chi connectivity index (χ2v) is 9.47. The number of fused-ring (bicyclic) bond motifs is 1. The zero-order chi connectivity index (χ0) is 28.7. The molecule has 39 heavy (non-hydrogen) atoms. The van der Waals surface area contributed by atoms with Crippen LogP contribution in [0.5, 0.6) is 5.75 Å². The first kappa shape index (κ1) is 29.0. The predicted octanol–water partition coefficient (Wildman–Crippen LogP) is 5.07. The van der Waals surface area contributed by atoms with Crippen molar-refractivity contribution in [2.24, 2.45) is 0 Å². The number of benzene rings is 2. The van der Waals surface area contributed by atoms with Crippen molar-refractivity contribution in [3.05, 3.63) is 101 Å². The van der Waals surface area contributed by atoms with Gasteiger partial charge >= 0.3 is 0 Å². The quantitative estimate of drug-likeness (QED) is 0.238. The minimum Gasteiger partial charge on any atom is -0.496 e. The number of nitrogens with zero attached hydrogens (tertiary/aromatic N) is 2. The van der Waals surface area contributed by atoms with Crippen molar-refractivity contribution in [3.63, 3.8) is 0 Å². The van der Waals surface area contributed by atoms with Gasteiger partial charge in [0.1, 0.15) is 17.4 Å². The van der Waals surface area contributed by atoms with Gasteiger partial charge in [0, 0.05) is 30.4 Å². The third-order valence-corrected chi connectivity index (χ3v) is 6.40. The van der Waals surface area contributed by atoms with Crippen LogP contribution in [0.25, 0.3) is 0 Å². The summed E-state index contributed by atoms with van der Waals surface area (Å²) in [5.41, 5.74) is 3.54. The van der Waals surface area contributed by atoms with Gasteiger partial charge in [0.15, 0.2) is 0 Å². The van der Waals surface area contributed by atoms with Crippen LogP contribution in [0.2, 0.25) is 0 Å². The Labute approximate surface area is 228 Å². The van der Waals surface area contributed by atoms with E-state index in [0.29, 0.717) is 47.7 Å². The van der Waals surface area contributed by atoms with Crippen LogP contribution < -0.4 is 10.1 Å². The fourth-order valence-electron chi connectivity index (χ4n) is 4.20. The maximum absolute atomic E-state index is 13.3. The monoisotopic (exact) mass is 531 g/mol. The molecule has 0 saturated carbocycles. The van der Waals surface area contributed by atoms with E-state index in [1.165, 1.54) is 36.3 Å². The Hall–Kier alpha value is -4.53. The van der Waals surface area contributed by atoms with Crippen LogP contribution in [-0.2, 0) is 13.0 Å². The molecule has 9 heteroatoms. The smallest absolute Gasteiger partial charge is 0.259 e. The molecule has 3 N–H and O–H groups in total. The molecule has 3 rings (SSSR count). The number of rotatable bonds is 9. The summed E-state index contributed by atoms with van der Waals surface area (Å²) in [5, 5.41) is 18.5. The molecule has 1 heterocycles. The molecular formula is C30H34FN5O3. The molecule has 0 radical (unpaired) electrons. The van der Waals surface area contributed by atoms with Gasteiger partial charge in [-0.1, -0.05) is 18.7 Å². The molecule has 0 aromatic heterocycles. The number of ether oxygens (including phenoxy) is 1. The average Bonchev–Trinajstić information content (AvgIpc) is 2.91. The standard InChI is InChI=1S/C30H34FN5O3/c1-19(2)36(18-32)28(33)20(3)7-6-8-21(4)34-29(37)26-15-24-17-35(14-13-23(24)16-27(26)39-5)30(38)22-9-11-25(31)12-10-22/h6-12,15-16,18-19,32-33H,4,13-14,17H2,1-3,5H3,(H,34,37)/b8-6-,20-7+,32-18?,33-28?. The number of hydrogen-bond acceptors (Lipinski definition) is 5. The Morgan fingerprint density at radius 1 is 1.21 bits per heavy atom. The van der Waals surface area contributed by atoms with Crippen molar-refractivity contribution in [2.75, 3.05) is 13.7 Å². The first-order chi connectivity index (χ1) is 18.5. The number of nitrogens with one attached hydrogen (secondary N) is 3. The van der Waals surface area contributed by atoms with Gasteiger partial charge in [-0.25, -0.2) is 4.39 Å². The molecule has 0 aliphatic carbocycles. The van der Waals surface area contributed by atoms with E-state index in [0.717, 1.165) is 17.5 Å². The van der Waals surface area contributed by atoms with E-state index >= 15 is 0 Å². The van der Waals surface area contributed by atoms with Crippen molar-refractivity contribution >= 4 is 24.0 Å². The average molecular weight is 532 g/mol. The first-order valence-electron chi connectivity index (χ1n) is 12.5. The highest BCUT2D eigenvalue weighted by molar-refractivity contribution is 6.01. The number of carbonyl (C=O) groups is 2. The summed E-state index contributed by atoms with van der Waals surface area (Å²) in [6.07, 6.45) is 6.73. The summed E-state index contributed by atoms with van der Waals surface area (Å²) in [7, 11) is 1.50. The Morgan fingerprint density at radius 3 is 2.51 bits per heavy atom. The van der Waals surface area contributed by atoms with Crippen LogP contribution >= 0.6 is 0 Å². The zero-order valence-corrected chi connectivity index (χ0v) is 22.7. The van der Waals surface area contributed by atoms with E-state index in [1.807, 2.05) is 19.9 Å². The number of hydrogen-bond donors (Lipinski definition) is 3. The number of carbonyl (C=O) groups excluding carboxylic acids is 2. The second-order valence-electron chi connectivity index (χ2n) is 9.47. The van der Waals surface area contributed by atoms with Crippen molar-refractivity contribution < 1.29 is 18.7 Å². The Bertz CT molecular complexity index is 1350. The fraction of sp³-hybridized carbons (Fsp3) is 0.267. The van der Waals surface area contributed by atoms with Crippen molar-refractivity contribution in [2.45, 2.75) is 39.8 Å². The number of amides is 2. The molecule has 0 fully saturated rings. The highest BCUT2D eigenvalue weighted by Crippen LogP contribution is 2.29. The van der Waals surface area contributed by atoms with Gasteiger partial charge in [0.2, 0.25) is 0 Å². The van der Waals surface area contributed by atoms with Crippen LogP contribution in [0.1, 0.15) is 52.6 Å². The molecule has 0 saturated heterocycles. The van der Waals surface area contributed by atoms with Gasteiger partial charge in [-0.3, -0.25) is 20.4 Å². The summed E-state index contributed by atoms with van der Waals surface area (Å²) in [6.45, 7) is 10.3. The zero-order valence-electron chi connectivity index (χ0n) is 22.7. The van der Waals surface area contributed by atoms with E-state index in [-0.39, 0.29) is 17.8 Å². The second kappa shape index (κ2) is 12.8. The number of methoxy groups -OCH3 is 1. The lowest BCUT2D eigenvalue weighted by Crippen LogP contribution is -2.36. The van der Waals surface area contributed by atoms with Gasteiger partial charge in [0.05, 0.1) is 19.0 Å². The summed E-state index contributed by atoms with van der Waals surface area (Å²) in [5.74, 6) is -0.374. The van der Waals surface area contributed by atoms with Crippen LogP contribution in [0.15, 0.2) is 72.5 Å². The van der Waals surface area contributed by atoms with Gasteiger partial charge in [-0.15, -0.1) is 0 Å². The van der Waals surface area contributed by atoms with Gasteiger partial charge in [0.25, 0.3) is 11.8 Å². The van der Waals surface area contributed by atoms with Gasteiger partial charge in [-0.2, -0.15) is 0 Å². The SMILES string of the molecule is C=C(/C=C\C=C(/C)C(=N)N(C=N)C(C)C)NC(=O)c1cc2c(cc1OC)CCN(C(=O)c1ccc(F)cc1)C2. The lowest BCUT2D eigenvalue weighted by Gasteiger charge is -2.30. The van der Waals surface area contributed by atoms with Crippen LogP contribution in [0, 0.1) is 16.6 Å². The number of halogens is 1. The van der Waals surface area contributed by atoms with E-state index in [1.54, 1.807) is 36.1 Å². The third kappa shape index (κ3) is 7.07. The minimum absolute atomic E-state index is 0.0173. The van der Waals surface area contributed by atoms with E-state index < -0.39 is 11.7 Å². The summed E-state index contributed by atoms with van der Waals surface area (Å²) in [6, 6.07) is 8.99. The topological polar surface area (TPSA) is 110 Å². The van der Waals surface area contributed by atoms with Crippen LogP contribution in [-0.4, -0.2) is 53.5 Å². The summed E-state index contributed by atoms with van der Waals surface area (Å²) >= 11 is 0. The molecule has 204 valence electrons. The third-order valence-electron chi connectivity index (χ3n) is 6.40. The maximum Gasteiger partial charge on any atom is 0.259 e. The van der Waals surface area contributed by atoms with Crippen molar-refractivity contribution in [1.82, 2.24) is 15.1 Å².